The normalized spacial score (nSPS) is 16.7. The summed E-state index contributed by atoms with van der Waals surface area (Å²) >= 11 is 6.08. The van der Waals surface area contributed by atoms with Crippen molar-refractivity contribution in [2.75, 3.05) is 40.3 Å². The first-order chi connectivity index (χ1) is 8.61. The van der Waals surface area contributed by atoms with Gasteiger partial charge in [-0.2, -0.15) is 0 Å². The molecule has 1 saturated heterocycles. The van der Waals surface area contributed by atoms with Gasteiger partial charge >= 0.3 is 0 Å². The molecule has 0 unspecified atom stereocenters. The van der Waals surface area contributed by atoms with Crippen molar-refractivity contribution in [1.82, 2.24) is 9.80 Å². The van der Waals surface area contributed by atoms with E-state index in [0.29, 0.717) is 16.3 Å². The third-order valence-electron chi connectivity index (χ3n) is 3.19. The second kappa shape index (κ2) is 5.59. The van der Waals surface area contributed by atoms with E-state index in [9.17, 15) is 4.79 Å². The molecule has 0 bridgehead atoms. The highest BCUT2D eigenvalue weighted by molar-refractivity contribution is 6.33. The van der Waals surface area contributed by atoms with Crippen LogP contribution in [-0.4, -0.2) is 56.0 Å². The minimum absolute atomic E-state index is 0.0213. The van der Waals surface area contributed by atoms with Crippen LogP contribution in [0.2, 0.25) is 5.02 Å². The molecule has 4 nitrogen and oxygen atoms in total. The van der Waals surface area contributed by atoms with E-state index in [4.69, 9.17) is 16.3 Å². The Bertz CT molecular complexity index is 443. The van der Waals surface area contributed by atoms with Gasteiger partial charge in [-0.15, -0.1) is 0 Å². The smallest absolute Gasteiger partial charge is 0.255 e. The number of piperazine rings is 1. The maximum atomic E-state index is 12.4. The van der Waals surface area contributed by atoms with E-state index in [1.54, 1.807) is 25.3 Å². The van der Waals surface area contributed by atoms with Gasteiger partial charge in [-0.25, -0.2) is 0 Å². The van der Waals surface area contributed by atoms with Gasteiger partial charge in [0.2, 0.25) is 0 Å². The van der Waals surface area contributed by atoms with Crippen LogP contribution in [0.1, 0.15) is 10.4 Å². The number of rotatable bonds is 2. The van der Waals surface area contributed by atoms with Crippen LogP contribution in [0.4, 0.5) is 0 Å². The van der Waals surface area contributed by atoms with Gasteiger partial charge in [0.15, 0.2) is 0 Å². The predicted octanol–water partition coefficient (Wildman–Crippen LogP) is 1.74. The molecule has 0 atom stereocenters. The summed E-state index contributed by atoms with van der Waals surface area (Å²) in [6.07, 6.45) is 0. The lowest BCUT2D eigenvalue weighted by atomic mass is 10.1. The van der Waals surface area contributed by atoms with E-state index >= 15 is 0 Å². The number of halogens is 1. The highest BCUT2D eigenvalue weighted by atomic mass is 35.5. The van der Waals surface area contributed by atoms with Crippen molar-refractivity contribution >= 4 is 17.5 Å². The van der Waals surface area contributed by atoms with Gasteiger partial charge in [0.05, 0.1) is 17.7 Å². The Labute approximate surface area is 112 Å². The minimum Gasteiger partial charge on any atom is -0.497 e. The van der Waals surface area contributed by atoms with Gasteiger partial charge in [-0.1, -0.05) is 11.6 Å². The molecule has 1 aliphatic rings. The highest BCUT2D eigenvalue weighted by Gasteiger charge is 2.22. The zero-order valence-electron chi connectivity index (χ0n) is 10.6. The number of methoxy groups -OCH3 is 1. The molecule has 1 aromatic carbocycles. The lowest BCUT2D eigenvalue weighted by molar-refractivity contribution is 0.0664. The highest BCUT2D eigenvalue weighted by Crippen LogP contribution is 2.23. The van der Waals surface area contributed by atoms with E-state index in [1.165, 1.54) is 0 Å². The van der Waals surface area contributed by atoms with Gasteiger partial charge < -0.3 is 14.5 Å². The van der Waals surface area contributed by atoms with Crippen molar-refractivity contribution in [3.63, 3.8) is 0 Å². The van der Waals surface area contributed by atoms with E-state index in [0.717, 1.165) is 26.2 Å². The average molecular weight is 269 g/mol. The molecule has 2 rings (SSSR count). The van der Waals surface area contributed by atoms with E-state index in [2.05, 4.69) is 11.9 Å². The Morgan fingerprint density at radius 3 is 2.56 bits per heavy atom. The Morgan fingerprint density at radius 2 is 1.94 bits per heavy atom. The number of amides is 1. The standard InChI is InChI=1S/C13H17ClN2O2/c1-15-5-7-16(8-6-15)13(17)11-9-10(18-2)3-4-12(11)14/h3-4,9H,5-8H2,1-2H3. The Hall–Kier alpha value is -1.26. The molecular formula is C13H17ClN2O2. The average Bonchev–Trinajstić information content (AvgIpc) is 2.39. The molecule has 5 heteroatoms. The molecule has 1 aliphatic heterocycles. The van der Waals surface area contributed by atoms with E-state index in [1.807, 2.05) is 4.90 Å². The van der Waals surface area contributed by atoms with Crippen molar-refractivity contribution < 1.29 is 9.53 Å². The summed E-state index contributed by atoms with van der Waals surface area (Å²) in [6, 6.07) is 5.15. The summed E-state index contributed by atoms with van der Waals surface area (Å²) in [5.41, 5.74) is 0.514. The maximum Gasteiger partial charge on any atom is 0.255 e. The fourth-order valence-corrected chi connectivity index (χ4v) is 2.17. The van der Waals surface area contributed by atoms with Crippen LogP contribution in [0.3, 0.4) is 0 Å². The van der Waals surface area contributed by atoms with Crippen molar-refractivity contribution in [1.29, 1.82) is 0 Å². The fourth-order valence-electron chi connectivity index (χ4n) is 1.98. The molecule has 0 radical (unpaired) electrons. The van der Waals surface area contributed by atoms with E-state index < -0.39 is 0 Å². The maximum absolute atomic E-state index is 12.4. The number of nitrogens with zero attached hydrogens (tertiary/aromatic N) is 2. The molecule has 1 heterocycles. The summed E-state index contributed by atoms with van der Waals surface area (Å²) in [6.45, 7) is 3.27. The third-order valence-corrected chi connectivity index (χ3v) is 3.52. The number of carbonyl (C=O) groups is 1. The number of ether oxygens (including phenoxy) is 1. The lowest BCUT2D eigenvalue weighted by Crippen LogP contribution is -2.47. The summed E-state index contributed by atoms with van der Waals surface area (Å²) in [5.74, 6) is 0.629. The van der Waals surface area contributed by atoms with Crippen LogP contribution in [-0.2, 0) is 0 Å². The largest absolute Gasteiger partial charge is 0.497 e. The first-order valence-electron chi connectivity index (χ1n) is 5.93. The summed E-state index contributed by atoms with van der Waals surface area (Å²) in [7, 11) is 3.63. The van der Waals surface area contributed by atoms with Gasteiger partial charge in [-0.3, -0.25) is 4.79 Å². The van der Waals surface area contributed by atoms with Crippen LogP contribution in [0.25, 0.3) is 0 Å². The molecule has 0 aromatic heterocycles. The monoisotopic (exact) mass is 268 g/mol. The summed E-state index contributed by atoms with van der Waals surface area (Å²) in [4.78, 5) is 16.4. The molecule has 0 aliphatic carbocycles. The molecule has 0 N–H and O–H groups in total. The Morgan fingerprint density at radius 1 is 1.28 bits per heavy atom. The fraction of sp³-hybridized carbons (Fsp3) is 0.462. The molecular weight excluding hydrogens is 252 g/mol. The summed E-state index contributed by atoms with van der Waals surface area (Å²) in [5, 5.41) is 0.472. The molecule has 18 heavy (non-hydrogen) atoms. The molecule has 1 fully saturated rings. The molecule has 0 saturated carbocycles. The number of hydrogen-bond acceptors (Lipinski definition) is 3. The topological polar surface area (TPSA) is 32.8 Å². The minimum atomic E-state index is -0.0213. The number of hydrogen-bond donors (Lipinski definition) is 0. The van der Waals surface area contributed by atoms with E-state index in [-0.39, 0.29) is 5.91 Å². The second-order valence-corrected chi connectivity index (χ2v) is 4.85. The van der Waals surface area contributed by atoms with Crippen molar-refractivity contribution in [2.24, 2.45) is 0 Å². The zero-order chi connectivity index (χ0) is 13.1. The van der Waals surface area contributed by atoms with Crippen LogP contribution < -0.4 is 4.74 Å². The Balaban J connectivity index is 2.17. The van der Waals surface area contributed by atoms with Gasteiger partial charge in [-0.05, 0) is 25.2 Å². The van der Waals surface area contributed by atoms with Crippen LogP contribution in [0.5, 0.6) is 5.75 Å². The van der Waals surface area contributed by atoms with Crippen LogP contribution >= 0.6 is 11.6 Å². The number of carbonyl (C=O) groups excluding carboxylic acids is 1. The quantitative estimate of drug-likeness (QED) is 0.819. The predicted molar refractivity (Wildman–Crippen MR) is 71.4 cm³/mol. The Kier molecular flexibility index (Phi) is 4.09. The van der Waals surface area contributed by atoms with Crippen LogP contribution in [0, 0.1) is 0 Å². The van der Waals surface area contributed by atoms with Crippen molar-refractivity contribution in [3.8, 4) is 5.75 Å². The molecule has 1 amide bonds. The number of benzene rings is 1. The number of likely N-dealkylation sites (N-methyl/N-ethyl adjacent to an activating group) is 1. The summed E-state index contributed by atoms with van der Waals surface area (Å²) < 4.78 is 5.13. The lowest BCUT2D eigenvalue weighted by Gasteiger charge is -2.32. The molecule has 1 aromatic rings. The first-order valence-corrected chi connectivity index (χ1v) is 6.31. The zero-order valence-corrected chi connectivity index (χ0v) is 11.4. The first kappa shape index (κ1) is 13.2. The second-order valence-electron chi connectivity index (χ2n) is 4.44. The van der Waals surface area contributed by atoms with Crippen LogP contribution in [0.15, 0.2) is 18.2 Å². The SMILES string of the molecule is COc1ccc(Cl)c(C(=O)N2CCN(C)CC2)c1. The van der Waals surface area contributed by atoms with Gasteiger partial charge in [0.25, 0.3) is 5.91 Å². The van der Waals surface area contributed by atoms with Gasteiger partial charge in [0, 0.05) is 26.2 Å². The third kappa shape index (κ3) is 2.76. The van der Waals surface area contributed by atoms with Crippen molar-refractivity contribution in [2.45, 2.75) is 0 Å². The molecule has 0 spiro atoms. The molecule has 98 valence electrons. The van der Waals surface area contributed by atoms with Crippen molar-refractivity contribution in [3.05, 3.63) is 28.8 Å². The van der Waals surface area contributed by atoms with Gasteiger partial charge in [0.1, 0.15) is 5.75 Å².